The summed E-state index contributed by atoms with van der Waals surface area (Å²) in [5.41, 5.74) is 1.69. The summed E-state index contributed by atoms with van der Waals surface area (Å²) >= 11 is 1.32. The average molecular weight is 423 g/mol. The van der Waals surface area contributed by atoms with Crippen LogP contribution in [0.4, 0.5) is 10.5 Å². The molecule has 1 saturated heterocycles. The van der Waals surface area contributed by atoms with Crippen LogP contribution in [0.15, 0.2) is 72.1 Å². The molecule has 8 nitrogen and oxygen atoms in total. The van der Waals surface area contributed by atoms with E-state index in [0.717, 1.165) is 11.4 Å². The van der Waals surface area contributed by atoms with Crippen LogP contribution in [0.2, 0.25) is 0 Å². The van der Waals surface area contributed by atoms with E-state index >= 15 is 0 Å². The molecule has 2 heterocycles. The molecule has 30 heavy (non-hydrogen) atoms. The molecule has 4 rings (SSSR count). The topological polar surface area (TPSA) is 83.4 Å². The summed E-state index contributed by atoms with van der Waals surface area (Å²) in [5.74, 6) is 0.300. The maximum Gasteiger partial charge on any atom is 0.321 e. The largest absolute Gasteiger partial charge is 0.338 e. The highest BCUT2D eigenvalue weighted by molar-refractivity contribution is 7.99. The van der Waals surface area contributed by atoms with E-state index in [1.165, 1.54) is 11.8 Å². The maximum atomic E-state index is 12.5. The summed E-state index contributed by atoms with van der Waals surface area (Å²) < 4.78 is 1.69. The number of urea groups is 1. The van der Waals surface area contributed by atoms with Crippen LogP contribution in [0, 0.1) is 0 Å². The zero-order valence-electron chi connectivity index (χ0n) is 16.3. The average Bonchev–Trinajstić information content (AvgIpc) is 3.28. The van der Waals surface area contributed by atoms with Gasteiger partial charge in [-0.15, -0.1) is 5.10 Å². The van der Waals surface area contributed by atoms with Crippen LogP contribution >= 0.6 is 11.8 Å². The van der Waals surface area contributed by atoms with E-state index in [1.807, 2.05) is 60.7 Å². The lowest BCUT2D eigenvalue weighted by Crippen LogP contribution is -2.52. The van der Waals surface area contributed by atoms with Crippen LogP contribution in [0.5, 0.6) is 0 Å². The fraction of sp³-hybridized carbons (Fsp3) is 0.238. The number of carbonyl (C=O) groups is 2. The first-order valence-electron chi connectivity index (χ1n) is 9.68. The fourth-order valence-electron chi connectivity index (χ4n) is 3.12. The van der Waals surface area contributed by atoms with E-state index in [4.69, 9.17) is 0 Å². The molecule has 3 amide bonds. The van der Waals surface area contributed by atoms with Crippen LogP contribution in [0.1, 0.15) is 0 Å². The van der Waals surface area contributed by atoms with Gasteiger partial charge in [-0.1, -0.05) is 48.2 Å². The number of amides is 3. The summed E-state index contributed by atoms with van der Waals surface area (Å²) in [6.45, 7) is 2.06. The van der Waals surface area contributed by atoms with Gasteiger partial charge in [0.15, 0.2) is 0 Å². The highest BCUT2D eigenvalue weighted by Gasteiger charge is 2.24. The zero-order valence-corrected chi connectivity index (χ0v) is 17.2. The molecule has 0 saturated carbocycles. The molecule has 1 aromatic heterocycles. The molecule has 0 radical (unpaired) electrons. The van der Waals surface area contributed by atoms with Crippen molar-refractivity contribution in [3.05, 3.63) is 67.0 Å². The Morgan fingerprint density at radius 1 is 0.900 bits per heavy atom. The predicted molar refractivity (Wildman–Crippen MR) is 116 cm³/mol. The van der Waals surface area contributed by atoms with Crippen molar-refractivity contribution in [2.24, 2.45) is 0 Å². The van der Waals surface area contributed by atoms with E-state index in [-0.39, 0.29) is 17.7 Å². The summed E-state index contributed by atoms with van der Waals surface area (Å²) in [4.78, 5) is 32.7. The molecule has 0 bridgehead atoms. The first kappa shape index (κ1) is 20.0. The number of hydrogen-bond acceptors (Lipinski definition) is 5. The quantitative estimate of drug-likeness (QED) is 0.640. The van der Waals surface area contributed by atoms with Gasteiger partial charge in [0.25, 0.3) is 0 Å². The molecule has 1 aliphatic heterocycles. The lowest BCUT2D eigenvalue weighted by atomic mass is 10.3. The van der Waals surface area contributed by atoms with Gasteiger partial charge in [0.1, 0.15) is 6.33 Å². The van der Waals surface area contributed by atoms with Gasteiger partial charge in [-0.3, -0.25) is 4.79 Å². The number of aromatic nitrogens is 3. The number of benzene rings is 2. The third-order valence-electron chi connectivity index (χ3n) is 4.76. The first-order valence-corrected chi connectivity index (χ1v) is 10.7. The Hall–Kier alpha value is -3.33. The zero-order chi connectivity index (χ0) is 20.8. The Bertz CT molecular complexity index is 987. The minimum absolute atomic E-state index is 0.0270. The second kappa shape index (κ2) is 9.45. The van der Waals surface area contributed by atoms with Gasteiger partial charge in [-0.05, 0) is 24.3 Å². The highest BCUT2D eigenvalue weighted by Crippen LogP contribution is 2.16. The molecule has 1 fully saturated rings. The molecule has 9 heteroatoms. The van der Waals surface area contributed by atoms with E-state index in [9.17, 15) is 9.59 Å². The Balaban J connectivity index is 1.23. The van der Waals surface area contributed by atoms with E-state index < -0.39 is 0 Å². The molecule has 0 spiro atoms. The number of piperazine rings is 1. The standard InChI is InChI=1S/C21H22N6O2S/c28-19(15-30-20-22-16-27(24-20)18-9-5-2-6-10-18)25-11-13-26(14-12-25)21(29)23-17-7-3-1-4-8-17/h1-10,16H,11-15H2,(H,23,29). The number of thioether (sulfide) groups is 1. The van der Waals surface area contributed by atoms with Gasteiger partial charge in [0.05, 0.1) is 11.4 Å². The van der Waals surface area contributed by atoms with Gasteiger partial charge in [0.2, 0.25) is 11.1 Å². The van der Waals surface area contributed by atoms with E-state index in [0.29, 0.717) is 31.3 Å². The van der Waals surface area contributed by atoms with Crippen LogP contribution in [-0.4, -0.2) is 68.4 Å². The van der Waals surface area contributed by atoms with Gasteiger partial charge < -0.3 is 15.1 Å². The number of hydrogen-bond donors (Lipinski definition) is 1. The van der Waals surface area contributed by atoms with Crippen LogP contribution in [-0.2, 0) is 4.79 Å². The minimum atomic E-state index is -0.140. The second-order valence-electron chi connectivity index (χ2n) is 6.76. The van der Waals surface area contributed by atoms with Crippen molar-refractivity contribution in [3.63, 3.8) is 0 Å². The molecular formula is C21H22N6O2S. The number of nitrogens with one attached hydrogen (secondary N) is 1. The Morgan fingerprint density at radius 2 is 1.53 bits per heavy atom. The lowest BCUT2D eigenvalue weighted by Gasteiger charge is -2.34. The third kappa shape index (κ3) is 4.98. The van der Waals surface area contributed by atoms with Crippen molar-refractivity contribution < 1.29 is 9.59 Å². The minimum Gasteiger partial charge on any atom is -0.338 e. The van der Waals surface area contributed by atoms with Gasteiger partial charge in [-0.25, -0.2) is 14.5 Å². The molecule has 0 unspecified atom stereocenters. The van der Waals surface area contributed by atoms with Crippen molar-refractivity contribution >= 4 is 29.4 Å². The fourth-order valence-corrected chi connectivity index (χ4v) is 3.82. The monoisotopic (exact) mass is 422 g/mol. The number of anilines is 1. The highest BCUT2D eigenvalue weighted by atomic mass is 32.2. The number of rotatable bonds is 5. The lowest BCUT2D eigenvalue weighted by molar-refractivity contribution is -0.129. The summed E-state index contributed by atoms with van der Waals surface area (Å²) in [7, 11) is 0. The molecule has 1 aliphatic rings. The summed E-state index contributed by atoms with van der Waals surface area (Å²) in [5, 5.41) is 7.85. The van der Waals surface area contributed by atoms with E-state index in [2.05, 4.69) is 15.4 Å². The number of para-hydroxylation sites is 2. The van der Waals surface area contributed by atoms with Gasteiger partial charge >= 0.3 is 6.03 Å². The Kier molecular flexibility index (Phi) is 6.29. The van der Waals surface area contributed by atoms with Crippen LogP contribution < -0.4 is 5.32 Å². The molecule has 0 aliphatic carbocycles. The molecule has 0 atom stereocenters. The van der Waals surface area contributed by atoms with Crippen molar-refractivity contribution in [2.45, 2.75) is 5.16 Å². The summed E-state index contributed by atoms with van der Waals surface area (Å²) in [6, 6.07) is 18.9. The molecule has 2 aromatic carbocycles. The maximum absolute atomic E-state index is 12.5. The van der Waals surface area contributed by atoms with Gasteiger partial charge in [0, 0.05) is 31.9 Å². The first-order chi connectivity index (χ1) is 14.7. The Labute approximate surface area is 178 Å². The van der Waals surface area contributed by atoms with Crippen LogP contribution in [0.3, 0.4) is 0 Å². The normalized spacial score (nSPS) is 13.9. The summed E-state index contributed by atoms with van der Waals surface area (Å²) in [6.07, 6.45) is 1.65. The molecule has 154 valence electrons. The third-order valence-corrected chi connectivity index (χ3v) is 5.60. The predicted octanol–water partition coefficient (Wildman–Crippen LogP) is 2.74. The smallest absolute Gasteiger partial charge is 0.321 e. The van der Waals surface area contributed by atoms with Crippen molar-refractivity contribution in [1.82, 2.24) is 24.6 Å². The number of carbonyl (C=O) groups excluding carboxylic acids is 2. The van der Waals surface area contributed by atoms with Gasteiger partial charge in [-0.2, -0.15) is 0 Å². The van der Waals surface area contributed by atoms with Crippen molar-refractivity contribution in [2.75, 3.05) is 37.2 Å². The second-order valence-corrected chi connectivity index (χ2v) is 7.70. The molecular weight excluding hydrogens is 400 g/mol. The van der Waals surface area contributed by atoms with Crippen molar-refractivity contribution in [3.8, 4) is 5.69 Å². The number of nitrogens with zero attached hydrogens (tertiary/aromatic N) is 5. The molecule has 1 N–H and O–H groups in total. The van der Waals surface area contributed by atoms with Crippen LogP contribution in [0.25, 0.3) is 5.69 Å². The van der Waals surface area contributed by atoms with Crippen molar-refractivity contribution in [1.29, 1.82) is 0 Å². The SMILES string of the molecule is O=C(CSc1ncn(-c2ccccc2)n1)N1CCN(C(=O)Nc2ccccc2)CC1. The van der Waals surface area contributed by atoms with E-state index in [1.54, 1.807) is 20.8 Å². The Morgan fingerprint density at radius 3 is 2.23 bits per heavy atom. The molecule has 3 aromatic rings.